The molecule has 0 fully saturated rings. The zero-order chi connectivity index (χ0) is 14.7. The molecule has 0 aromatic carbocycles. The maximum atomic E-state index is 12.1. The number of thiophene rings is 1. The number of hydrogen-bond acceptors (Lipinski definition) is 4. The lowest BCUT2D eigenvalue weighted by Gasteiger charge is -2.06. The van der Waals surface area contributed by atoms with Gasteiger partial charge in [0.1, 0.15) is 0 Å². The van der Waals surface area contributed by atoms with Gasteiger partial charge in [-0.05, 0) is 31.0 Å². The fourth-order valence-electron chi connectivity index (χ4n) is 1.85. The van der Waals surface area contributed by atoms with Gasteiger partial charge < -0.3 is 10.4 Å². The van der Waals surface area contributed by atoms with Crippen LogP contribution in [0, 0.1) is 6.92 Å². The fraction of sp³-hybridized carbons (Fsp3) is 0.214. The van der Waals surface area contributed by atoms with Gasteiger partial charge in [-0.1, -0.05) is 6.92 Å². The number of hydrogen-bond donors (Lipinski definition) is 2. The molecule has 0 radical (unpaired) electrons. The van der Waals surface area contributed by atoms with Crippen molar-refractivity contribution in [1.29, 1.82) is 0 Å². The Morgan fingerprint density at radius 3 is 2.80 bits per heavy atom. The fourth-order valence-corrected chi connectivity index (χ4v) is 2.86. The Morgan fingerprint density at radius 2 is 2.20 bits per heavy atom. The smallest absolute Gasteiger partial charge is 0.337 e. The summed E-state index contributed by atoms with van der Waals surface area (Å²) in [5.41, 5.74) is 1.36. The Bertz CT molecular complexity index is 664. The molecule has 0 unspecified atom stereocenters. The molecule has 104 valence electrons. The van der Waals surface area contributed by atoms with E-state index in [0.717, 1.165) is 16.9 Å². The summed E-state index contributed by atoms with van der Waals surface area (Å²) in [6.07, 6.45) is 3.58. The summed E-state index contributed by atoms with van der Waals surface area (Å²) in [5, 5.41) is 11.7. The highest BCUT2D eigenvalue weighted by Gasteiger charge is 2.15. The first-order valence-corrected chi connectivity index (χ1v) is 6.92. The van der Waals surface area contributed by atoms with Crippen LogP contribution in [-0.2, 0) is 6.42 Å². The average molecular weight is 290 g/mol. The van der Waals surface area contributed by atoms with E-state index in [0.29, 0.717) is 4.88 Å². The van der Waals surface area contributed by atoms with E-state index in [1.807, 2.05) is 19.9 Å². The molecule has 0 saturated heterocycles. The minimum absolute atomic E-state index is 0.0253. The average Bonchev–Trinajstić information content (AvgIpc) is 2.80. The van der Waals surface area contributed by atoms with E-state index in [1.54, 1.807) is 0 Å². The SMILES string of the molecule is CCc1cc(C(=O)Nc2cnccc2C(=O)O)sc1C. The molecule has 0 bridgehead atoms. The summed E-state index contributed by atoms with van der Waals surface area (Å²) in [4.78, 5) is 28.7. The normalized spacial score (nSPS) is 10.3. The molecular weight excluding hydrogens is 276 g/mol. The van der Waals surface area contributed by atoms with Crippen LogP contribution in [0.3, 0.4) is 0 Å². The minimum atomic E-state index is -1.10. The van der Waals surface area contributed by atoms with Crippen LogP contribution in [0.25, 0.3) is 0 Å². The van der Waals surface area contributed by atoms with Crippen LogP contribution in [0.2, 0.25) is 0 Å². The van der Waals surface area contributed by atoms with Gasteiger partial charge in [-0.15, -0.1) is 11.3 Å². The number of amides is 1. The summed E-state index contributed by atoms with van der Waals surface area (Å²) in [6.45, 7) is 3.99. The molecule has 2 heterocycles. The van der Waals surface area contributed by atoms with E-state index in [-0.39, 0.29) is 17.2 Å². The van der Waals surface area contributed by atoms with Gasteiger partial charge in [0.2, 0.25) is 0 Å². The summed E-state index contributed by atoms with van der Waals surface area (Å²) in [6, 6.07) is 3.20. The molecule has 5 nitrogen and oxygen atoms in total. The largest absolute Gasteiger partial charge is 0.478 e. The van der Waals surface area contributed by atoms with Gasteiger partial charge in [0, 0.05) is 11.1 Å². The monoisotopic (exact) mass is 290 g/mol. The number of carbonyl (C=O) groups excluding carboxylic acids is 1. The predicted octanol–water partition coefficient (Wildman–Crippen LogP) is 2.96. The number of rotatable bonds is 4. The highest BCUT2D eigenvalue weighted by Crippen LogP contribution is 2.23. The minimum Gasteiger partial charge on any atom is -0.478 e. The third kappa shape index (κ3) is 2.85. The highest BCUT2D eigenvalue weighted by molar-refractivity contribution is 7.14. The second kappa shape index (κ2) is 5.83. The van der Waals surface area contributed by atoms with Crippen LogP contribution in [-0.4, -0.2) is 22.0 Å². The number of carboxylic acid groups (broad SMARTS) is 1. The lowest BCUT2D eigenvalue weighted by atomic mass is 10.2. The molecule has 0 spiro atoms. The van der Waals surface area contributed by atoms with Crippen LogP contribution in [0.15, 0.2) is 24.5 Å². The second-order valence-corrected chi connectivity index (χ2v) is 5.48. The van der Waals surface area contributed by atoms with Crippen molar-refractivity contribution in [1.82, 2.24) is 4.98 Å². The summed E-state index contributed by atoms with van der Waals surface area (Å²) >= 11 is 1.40. The van der Waals surface area contributed by atoms with Gasteiger partial charge in [0.15, 0.2) is 0 Å². The summed E-state index contributed by atoms with van der Waals surface area (Å²) in [7, 11) is 0. The van der Waals surface area contributed by atoms with Crippen LogP contribution >= 0.6 is 11.3 Å². The van der Waals surface area contributed by atoms with Crippen molar-refractivity contribution < 1.29 is 14.7 Å². The van der Waals surface area contributed by atoms with Crippen molar-refractivity contribution in [3.8, 4) is 0 Å². The molecule has 20 heavy (non-hydrogen) atoms. The van der Waals surface area contributed by atoms with E-state index in [1.165, 1.54) is 29.8 Å². The van der Waals surface area contributed by atoms with Crippen molar-refractivity contribution in [2.24, 2.45) is 0 Å². The molecule has 0 aliphatic rings. The second-order valence-electron chi connectivity index (χ2n) is 4.23. The third-order valence-corrected chi connectivity index (χ3v) is 4.02. The van der Waals surface area contributed by atoms with E-state index in [2.05, 4.69) is 10.3 Å². The van der Waals surface area contributed by atoms with E-state index in [4.69, 9.17) is 5.11 Å². The Kier molecular flexibility index (Phi) is 4.14. The number of aromatic nitrogens is 1. The van der Waals surface area contributed by atoms with Crippen molar-refractivity contribution in [3.63, 3.8) is 0 Å². The molecule has 2 N–H and O–H groups in total. The first kappa shape index (κ1) is 14.2. The molecule has 0 aliphatic heterocycles. The number of nitrogens with one attached hydrogen (secondary N) is 1. The van der Waals surface area contributed by atoms with Crippen molar-refractivity contribution in [2.45, 2.75) is 20.3 Å². The van der Waals surface area contributed by atoms with Crippen LogP contribution in [0.1, 0.15) is 37.4 Å². The first-order valence-electron chi connectivity index (χ1n) is 6.11. The summed E-state index contributed by atoms with van der Waals surface area (Å²) < 4.78 is 0. The standard InChI is InChI=1S/C14H14N2O3S/c1-3-9-6-12(20-8(9)2)13(17)16-11-7-15-5-4-10(11)14(18)19/h4-7H,3H2,1-2H3,(H,16,17)(H,18,19). The number of aromatic carboxylic acids is 1. The topological polar surface area (TPSA) is 79.3 Å². The molecular formula is C14H14N2O3S. The highest BCUT2D eigenvalue weighted by atomic mass is 32.1. The number of pyridine rings is 1. The predicted molar refractivity (Wildman–Crippen MR) is 77.6 cm³/mol. The number of anilines is 1. The lowest BCUT2D eigenvalue weighted by molar-refractivity contribution is 0.0698. The quantitative estimate of drug-likeness (QED) is 0.907. The first-order chi connectivity index (χ1) is 9.52. The maximum Gasteiger partial charge on any atom is 0.337 e. The maximum absolute atomic E-state index is 12.1. The van der Waals surface area contributed by atoms with Gasteiger partial charge in [-0.3, -0.25) is 9.78 Å². The van der Waals surface area contributed by atoms with E-state index in [9.17, 15) is 9.59 Å². The number of carbonyl (C=O) groups is 2. The van der Waals surface area contributed by atoms with Crippen LogP contribution in [0.4, 0.5) is 5.69 Å². The zero-order valence-corrected chi connectivity index (χ0v) is 12.0. The van der Waals surface area contributed by atoms with Gasteiger partial charge in [-0.25, -0.2) is 4.79 Å². The van der Waals surface area contributed by atoms with Crippen LogP contribution in [0.5, 0.6) is 0 Å². The summed E-state index contributed by atoms with van der Waals surface area (Å²) in [5.74, 6) is -1.41. The van der Waals surface area contributed by atoms with Crippen molar-refractivity contribution in [3.05, 3.63) is 45.4 Å². The Hall–Kier alpha value is -2.21. The van der Waals surface area contributed by atoms with Gasteiger partial charge >= 0.3 is 5.97 Å². The van der Waals surface area contributed by atoms with Gasteiger partial charge in [-0.2, -0.15) is 0 Å². The van der Waals surface area contributed by atoms with Crippen molar-refractivity contribution >= 4 is 28.9 Å². The Balaban J connectivity index is 2.25. The van der Waals surface area contributed by atoms with Gasteiger partial charge in [0.05, 0.1) is 22.3 Å². The van der Waals surface area contributed by atoms with E-state index >= 15 is 0 Å². The molecule has 0 aliphatic carbocycles. The number of carboxylic acids is 1. The molecule has 2 aromatic rings. The zero-order valence-electron chi connectivity index (χ0n) is 11.1. The molecule has 0 atom stereocenters. The van der Waals surface area contributed by atoms with E-state index < -0.39 is 5.97 Å². The Morgan fingerprint density at radius 1 is 1.45 bits per heavy atom. The number of nitrogens with zero attached hydrogens (tertiary/aromatic N) is 1. The van der Waals surface area contributed by atoms with Crippen molar-refractivity contribution in [2.75, 3.05) is 5.32 Å². The van der Waals surface area contributed by atoms with Gasteiger partial charge in [0.25, 0.3) is 5.91 Å². The lowest BCUT2D eigenvalue weighted by Crippen LogP contribution is -2.13. The Labute approximate surface area is 120 Å². The third-order valence-electron chi connectivity index (χ3n) is 2.92. The molecule has 1 amide bonds. The molecule has 0 saturated carbocycles. The molecule has 6 heteroatoms. The number of aryl methyl sites for hydroxylation is 2. The molecule has 2 aromatic heterocycles. The molecule has 2 rings (SSSR count). The van der Waals surface area contributed by atoms with Crippen LogP contribution < -0.4 is 5.32 Å².